The molecule has 0 saturated heterocycles. The predicted octanol–water partition coefficient (Wildman–Crippen LogP) is 8.03. The van der Waals surface area contributed by atoms with Gasteiger partial charge in [0.05, 0.1) is 10.7 Å². The van der Waals surface area contributed by atoms with E-state index in [1.54, 1.807) is 6.20 Å². The summed E-state index contributed by atoms with van der Waals surface area (Å²) in [6, 6.07) is 29.6. The molecule has 2 heteroatoms. The Morgan fingerprint density at radius 1 is 0.690 bits per heavy atom. The molecule has 3 aromatic carbocycles. The van der Waals surface area contributed by atoms with Gasteiger partial charge in [-0.15, -0.1) is 0 Å². The standard InChI is InChI=1S/C27H24ClN/c1-27(2,3)21-16-23(19-10-6-4-7-11-19)26(25-15-14-22(28)18-29-25)24(17-21)20-12-8-5-9-13-20/h4-18H,1-3H3. The number of hydrogen-bond acceptors (Lipinski definition) is 1. The molecule has 0 radical (unpaired) electrons. The Labute approximate surface area is 178 Å². The summed E-state index contributed by atoms with van der Waals surface area (Å²) in [6.45, 7) is 6.77. The lowest BCUT2D eigenvalue weighted by atomic mass is 9.80. The van der Waals surface area contributed by atoms with Crippen LogP contribution in [-0.4, -0.2) is 4.98 Å². The van der Waals surface area contributed by atoms with Crippen molar-refractivity contribution in [1.29, 1.82) is 0 Å². The van der Waals surface area contributed by atoms with E-state index in [0.717, 1.165) is 11.3 Å². The number of benzene rings is 3. The van der Waals surface area contributed by atoms with Crippen LogP contribution in [0.15, 0.2) is 91.1 Å². The number of nitrogens with zero attached hydrogens (tertiary/aromatic N) is 1. The third kappa shape index (κ3) is 4.11. The average molecular weight is 398 g/mol. The molecule has 0 aliphatic rings. The van der Waals surface area contributed by atoms with Crippen molar-refractivity contribution in [3.8, 4) is 33.5 Å². The largest absolute Gasteiger partial charge is 0.255 e. The molecule has 1 nitrogen and oxygen atoms in total. The summed E-state index contributed by atoms with van der Waals surface area (Å²) in [5.41, 5.74) is 8.12. The van der Waals surface area contributed by atoms with Gasteiger partial charge >= 0.3 is 0 Å². The van der Waals surface area contributed by atoms with Crippen LogP contribution >= 0.6 is 11.6 Å². The average Bonchev–Trinajstić information content (AvgIpc) is 2.74. The minimum atomic E-state index is 0.0268. The molecule has 144 valence electrons. The highest BCUT2D eigenvalue weighted by molar-refractivity contribution is 6.30. The van der Waals surface area contributed by atoms with Crippen LogP contribution in [0, 0.1) is 0 Å². The molecule has 0 N–H and O–H groups in total. The Kier molecular flexibility index (Phi) is 5.25. The molecule has 0 spiro atoms. The summed E-state index contributed by atoms with van der Waals surface area (Å²) in [5.74, 6) is 0. The van der Waals surface area contributed by atoms with Crippen LogP contribution in [0.1, 0.15) is 26.3 Å². The van der Waals surface area contributed by atoms with Gasteiger partial charge in [0.1, 0.15) is 0 Å². The van der Waals surface area contributed by atoms with E-state index in [2.05, 4.69) is 98.6 Å². The monoisotopic (exact) mass is 397 g/mol. The van der Waals surface area contributed by atoms with Gasteiger partial charge < -0.3 is 0 Å². The van der Waals surface area contributed by atoms with Crippen LogP contribution in [0.2, 0.25) is 5.02 Å². The molecule has 29 heavy (non-hydrogen) atoms. The van der Waals surface area contributed by atoms with Crippen molar-refractivity contribution < 1.29 is 0 Å². The first kappa shape index (κ1) is 19.4. The lowest BCUT2D eigenvalue weighted by Gasteiger charge is -2.24. The van der Waals surface area contributed by atoms with Gasteiger partial charge in [0.15, 0.2) is 0 Å². The van der Waals surface area contributed by atoms with Crippen LogP contribution in [0.3, 0.4) is 0 Å². The molecule has 1 aromatic heterocycles. The maximum atomic E-state index is 6.14. The highest BCUT2D eigenvalue weighted by Crippen LogP contribution is 2.42. The van der Waals surface area contributed by atoms with Crippen molar-refractivity contribution >= 4 is 11.6 Å². The van der Waals surface area contributed by atoms with Gasteiger partial charge in [-0.1, -0.05) is 93.0 Å². The second-order valence-electron chi connectivity index (χ2n) is 8.29. The Hall–Kier alpha value is -2.90. The summed E-state index contributed by atoms with van der Waals surface area (Å²) >= 11 is 6.14. The molecule has 0 aliphatic heterocycles. The third-order valence-electron chi connectivity index (χ3n) is 5.16. The number of pyridine rings is 1. The van der Waals surface area contributed by atoms with Crippen LogP contribution < -0.4 is 0 Å². The maximum Gasteiger partial charge on any atom is 0.0715 e. The molecule has 0 amide bonds. The summed E-state index contributed by atoms with van der Waals surface area (Å²) < 4.78 is 0. The zero-order valence-corrected chi connectivity index (χ0v) is 17.7. The second kappa shape index (κ2) is 7.85. The number of rotatable bonds is 3. The highest BCUT2D eigenvalue weighted by atomic mass is 35.5. The predicted molar refractivity (Wildman–Crippen MR) is 124 cm³/mol. The van der Waals surface area contributed by atoms with E-state index in [-0.39, 0.29) is 5.41 Å². The molecule has 4 rings (SSSR count). The van der Waals surface area contributed by atoms with Gasteiger partial charge in [0.25, 0.3) is 0 Å². The Bertz CT molecular complexity index is 1050. The minimum Gasteiger partial charge on any atom is -0.255 e. The molecular weight excluding hydrogens is 374 g/mol. The van der Waals surface area contributed by atoms with Crippen LogP contribution in [0.4, 0.5) is 0 Å². The molecule has 0 unspecified atom stereocenters. The van der Waals surface area contributed by atoms with Crippen molar-refractivity contribution in [3.63, 3.8) is 0 Å². The van der Waals surface area contributed by atoms with E-state index < -0.39 is 0 Å². The molecule has 0 aliphatic carbocycles. The van der Waals surface area contributed by atoms with E-state index in [4.69, 9.17) is 11.6 Å². The number of aromatic nitrogens is 1. The molecule has 0 saturated carbocycles. The fraction of sp³-hybridized carbons (Fsp3) is 0.148. The van der Waals surface area contributed by atoms with E-state index in [1.807, 2.05) is 12.1 Å². The minimum absolute atomic E-state index is 0.0268. The summed E-state index contributed by atoms with van der Waals surface area (Å²) in [6.07, 6.45) is 1.72. The molecular formula is C27H24ClN. The molecule has 0 fully saturated rings. The molecule has 0 bridgehead atoms. The second-order valence-corrected chi connectivity index (χ2v) is 8.73. The van der Waals surface area contributed by atoms with Gasteiger partial charge in [-0.25, -0.2) is 0 Å². The maximum absolute atomic E-state index is 6.14. The summed E-state index contributed by atoms with van der Waals surface area (Å²) in [5, 5.41) is 0.641. The Morgan fingerprint density at radius 2 is 1.21 bits per heavy atom. The van der Waals surface area contributed by atoms with E-state index >= 15 is 0 Å². The van der Waals surface area contributed by atoms with Crippen LogP contribution in [0.25, 0.3) is 33.5 Å². The fourth-order valence-corrected chi connectivity index (χ4v) is 3.68. The smallest absolute Gasteiger partial charge is 0.0715 e. The van der Waals surface area contributed by atoms with Gasteiger partial charge in [0.2, 0.25) is 0 Å². The van der Waals surface area contributed by atoms with Crippen LogP contribution in [0.5, 0.6) is 0 Å². The molecule has 0 atom stereocenters. The number of halogens is 1. The van der Waals surface area contributed by atoms with Crippen molar-refractivity contribution in [2.24, 2.45) is 0 Å². The first-order valence-electron chi connectivity index (χ1n) is 9.85. The normalized spacial score (nSPS) is 11.4. The first-order valence-corrected chi connectivity index (χ1v) is 10.2. The number of hydrogen-bond donors (Lipinski definition) is 0. The Balaban J connectivity index is 2.11. The summed E-state index contributed by atoms with van der Waals surface area (Å²) in [7, 11) is 0. The first-order chi connectivity index (χ1) is 13.9. The Morgan fingerprint density at radius 3 is 1.62 bits per heavy atom. The summed E-state index contributed by atoms with van der Waals surface area (Å²) in [4.78, 5) is 4.68. The SMILES string of the molecule is CC(C)(C)c1cc(-c2ccccc2)c(-c2ccc(Cl)cn2)c(-c2ccccc2)c1. The topological polar surface area (TPSA) is 12.9 Å². The van der Waals surface area contributed by atoms with E-state index in [1.165, 1.54) is 27.8 Å². The van der Waals surface area contributed by atoms with Gasteiger partial charge in [0, 0.05) is 11.8 Å². The van der Waals surface area contributed by atoms with Gasteiger partial charge in [-0.2, -0.15) is 0 Å². The van der Waals surface area contributed by atoms with Gasteiger partial charge in [-0.3, -0.25) is 4.98 Å². The molecule has 1 heterocycles. The van der Waals surface area contributed by atoms with E-state index in [0.29, 0.717) is 5.02 Å². The van der Waals surface area contributed by atoms with Crippen molar-refractivity contribution in [3.05, 3.63) is 102 Å². The van der Waals surface area contributed by atoms with E-state index in [9.17, 15) is 0 Å². The van der Waals surface area contributed by atoms with Gasteiger partial charge in [-0.05, 0) is 57.5 Å². The lowest BCUT2D eigenvalue weighted by Crippen LogP contribution is -2.12. The molecule has 4 aromatic rings. The highest BCUT2D eigenvalue weighted by Gasteiger charge is 2.22. The zero-order valence-electron chi connectivity index (χ0n) is 17.0. The van der Waals surface area contributed by atoms with Crippen molar-refractivity contribution in [2.45, 2.75) is 26.2 Å². The van der Waals surface area contributed by atoms with Crippen LogP contribution in [-0.2, 0) is 5.41 Å². The van der Waals surface area contributed by atoms with Crippen molar-refractivity contribution in [1.82, 2.24) is 4.98 Å². The zero-order chi connectivity index (χ0) is 20.4. The third-order valence-corrected chi connectivity index (χ3v) is 5.38. The fourth-order valence-electron chi connectivity index (χ4n) is 3.57. The van der Waals surface area contributed by atoms with Crippen molar-refractivity contribution in [2.75, 3.05) is 0 Å². The lowest BCUT2D eigenvalue weighted by molar-refractivity contribution is 0.591. The quantitative estimate of drug-likeness (QED) is 0.341.